The van der Waals surface area contributed by atoms with Gasteiger partial charge >= 0.3 is 4.87 Å². The van der Waals surface area contributed by atoms with Crippen molar-refractivity contribution in [3.63, 3.8) is 0 Å². The van der Waals surface area contributed by atoms with Crippen LogP contribution in [0, 0.1) is 6.92 Å². The van der Waals surface area contributed by atoms with Gasteiger partial charge in [-0.15, -0.1) is 0 Å². The van der Waals surface area contributed by atoms with Gasteiger partial charge in [0.25, 0.3) is 0 Å². The lowest BCUT2D eigenvalue weighted by molar-refractivity contribution is 0.572. The molecule has 1 aromatic heterocycles. The van der Waals surface area contributed by atoms with E-state index in [0.29, 0.717) is 11.2 Å². The molecular weight excluding hydrogens is 476 g/mol. The average molecular weight is 501 g/mol. The number of hydrogen-bond donors (Lipinski definition) is 1. The van der Waals surface area contributed by atoms with Gasteiger partial charge < -0.3 is 0 Å². The van der Waals surface area contributed by atoms with Crippen LogP contribution in [0.1, 0.15) is 28.3 Å². The maximum Gasteiger partial charge on any atom is 0.308 e. The summed E-state index contributed by atoms with van der Waals surface area (Å²) in [6.07, 6.45) is 0. The van der Waals surface area contributed by atoms with Gasteiger partial charge in [0.1, 0.15) is 0 Å². The van der Waals surface area contributed by atoms with Gasteiger partial charge in [0.2, 0.25) is 10.0 Å². The zero-order valence-electron chi connectivity index (χ0n) is 19.1. The Balaban J connectivity index is 1.50. The summed E-state index contributed by atoms with van der Waals surface area (Å²) in [6.45, 7) is 2.43. The number of sulfonamides is 1. The number of benzene rings is 4. The number of thiazole rings is 1. The molecule has 0 aliphatic heterocycles. The molecule has 5 rings (SSSR count). The molecule has 4 aromatic carbocycles. The van der Waals surface area contributed by atoms with E-state index in [1.807, 2.05) is 91.9 Å². The van der Waals surface area contributed by atoms with Gasteiger partial charge in [0, 0.05) is 0 Å². The van der Waals surface area contributed by atoms with Crippen molar-refractivity contribution in [2.75, 3.05) is 0 Å². The summed E-state index contributed by atoms with van der Waals surface area (Å²) in [4.78, 5) is 12.7. The molecule has 35 heavy (non-hydrogen) atoms. The third-order valence-electron chi connectivity index (χ3n) is 5.95. The minimum Gasteiger partial charge on any atom is -0.294 e. The van der Waals surface area contributed by atoms with Gasteiger partial charge in [-0.3, -0.25) is 9.36 Å². The van der Waals surface area contributed by atoms with Crippen LogP contribution in [0.3, 0.4) is 0 Å². The monoisotopic (exact) mass is 500 g/mol. The van der Waals surface area contributed by atoms with Crippen molar-refractivity contribution in [2.24, 2.45) is 0 Å². The zero-order valence-corrected chi connectivity index (χ0v) is 20.7. The zero-order chi connectivity index (χ0) is 24.4. The van der Waals surface area contributed by atoms with Crippen LogP contribution in [0.15, 0.2) is 113 Å². The number of nitrogens with zero attached hydrogens (tertiary/aromatic N) is 1. The highest BCUT2D eigenvalue weighted by Gasteiger charge is 2.24. The molecule has 0 fully saturated rings. The quantitative estimate of drug-likeness (QED) is 0.321. The van der Waals surface area contributed by atoms with E-state index in [4.69, 9.17) is 0 Å². The fourth-order valence-corrected chi connectivity index (χ4v) is 6.33. The summed E-state index contributed by atoms with van der Waals surface area (Å²) < 4.78 is 32.2. The molecule has 176 valence electrons. The number of aromatic nitrogens is 1. The predicted octanol–water partition coefficient (Wildman–Crippen LogP) is 5.49. The third kappa shape index (κ3) is 4.98. The first kappa shape index (κ1) is 23.2. The summed E-state index contributed by atoms with van der Waals surface area (Å²) in [5, 5.41) is 0. The van der Waals surface area contributed by atoms with Gasteiger partial charge in [-0.2, -0.15) is 4.72 Å². The smallest absolute Gasteiger partial charge is 0.294 e. The molecule has 0 saturated heterocycles. The van der Waals surface area contributed by atoms with Gasteiger partial charge in [-0.25, -0.2) is 8.42 Å². The van der Waals surface area contributed by atoms with E-state index >= 15 is 0 Å². The fraction of sp³-hybridized carbons (Fsp3) is 0.107. The molecule has 0 aliphatic rings. The number of aryl methyl sites for hydroxylation is 1. The Morgan fingerprint density at radius 3 is 2.14 bits per heavy atom. The maximum absolute atomic E-state index is 13.5. The fourth-order valence-electron chi connectivity index (χ4n) is 4.09. The van der Waals surface area contributed by atoms with E-state index in [1.54, 1.807) is 22.8 Å². The standard InChI is InChI=1S/C28H24N2O3S2/c1-20-12-14-23(15-13-20)27(22-10-6-3-7-11-22)29-35(32,33)24-16-17-25-26(18-24)34-28(31)30(25)19-21-8-4-2-5-9-21/h2-18,27,29H,19H2,1H3. The first-order chi connectivity index (χ1) is 16.9. The molecule has 1 atom stereocenters. The lowest BCUT2D eigenvalue weighted by Gasteiger charge is -2.20. The summed E-state index contributed by atoms with van der Waals surface area (Å²) >= 11 is 1.06. The van der Waals surface area contributed by atoms with Crippen LogP contribution < -0.4 is 9.60 Å². The maximum atomic E-state index is 13.5. The van der Waals surface area contributed by atoms with Gasteiger partial charge in [-0.1, -0.05) is 102 Å². The SMILES string of the molecule is Cc1ccc(C(NS(=O)(=O)c2ccc3c(c2)sc(=O)n3Cc2ccccc2)c2ccccc2)cc1. The Hall–Kier alpha value is -3.52. The van der Waals surface area contributed by atoms with Crippen molar-refractivity contribution in [3.8, 4) is 0 Å². The molecule has 1 unspecified atom stereocenters. The van der Waals surface area contributed by atoms with Crippen LogP contribution in [0.4, 0.5) is 0 Å². The van der Waals surface area contributed by atoms with Crippen LogP contribution in [0.25, 0.3) is 10.2 Å². The largest absolute Gasteiger partial charge is 0.308 e. The molecule has 1 heterocycles. The topological polar surface area (TPSA) is 68.2 Å². The van der Waals surface area contributed by atoms with E-state index in [0.717, 1.165) is 39.1 Å². The van der Waals surface area contributed by atoms with Gasteiger partial charge in [0.05, 0.1) is 27.7 Å². The molecule has 0 saturated carbocycles. The molecule has 0 amide bonds. The third-order valence-corrected chi connectivity index (χ3v) is 8.31. The highest BCUT2D eigenvalue weighted by Crippen LogP contribution is 2.27. The summed E-state index contributed by atoms with van der Waals surface area (Å²) in [6, 6.07) is 31.4. The normalized spacial score (nSPS) is 12.6. The van der Waals surface area contributed by atoms with Crippen molar-refractivity contribution in [2.45, 2.75) is 24.4 Å². The minimum atomic E-state index is -3.87. The van der Waals surface area contributed by atoms with Crippen molar-refractivity contribution in [1.29, 1.82) is 0 Å². The lowest BCUT2D eigenvalue weighted by Crippen LogP contribution is -2.29. The van der Waals surface area contributed by atoms with Crippen molar-refractivity contribution in [1.82, 2.24) is 9.29 Å². The Morgan fingerprint density at radius 1 is 0.829 bits per heavy atom. The van der Waals surface area contributed by atoms with Gasteiger partial charge in [-0.05, 0) is 41.8 Å². The van der Waals surface area contributed by atoms with E-state index < -0.39 is 16.1 Å². The van der Waals surface area contributed by atoms with Crippen molar-refractivity contribution >= 4 is 31.6 Å². The Bertz CT molecular complexity index is 1620. The molecule has 0 aliphatic carbocycles. The van der Waals surface area contributed by atoms with Crippen LogP contribution in [-0.4, -0.2) is 13.0 Å². The molecular formula is C28H24N2O3S2. The molecule has 5 nitrogen and oxygen atoms in total. The number of rotatable bonds is 7. The van der Waals surface area contributed by atoms with E-state index in [2.05, 4.69) is 4.72 Å². The predicted molar refractivity (Wildman–Crippen MR) is 141 cm³/mol. The number of nitrogens with one attached hydrogen (secondary N) is 1. The van der Waals surface area contributed by atoms with E-state index in [9.17, 15) is 13.2 Å². The second-order valence-electron chi connectivity index (χ2n) is 8.44. The highest BCUT2D eigenvalue weighted by molar-refractivity contribution is 7.89. The van der Waals surface area contributed by atoms with E-state index in [-0.39, 0.29) is 9.77 Å². The molecule has 7 heteroatoms. The lowest BCUT2D eigenvalue weighted by atomic mass is 9.99. The summed E-state index contributed by atoms with van der Waals surface area (Å²) in [5.41, 5.74) is 4.53. The number of hydrogen-bond acceptors (Lipinski definition) is 4. The Morgan fingerprint density at radius 2 is 1.46 bits per heavy atom. The Labute approximate surface area is 208 Å². The molecule has 0 spiro atoms. The second kappa shape index (κ2) is 9.62. The van der Waals surface area contributed by atoms with Crippen LogP contribution in [0.5, 0.6) is 0 Å². The summed E-state index contributed by atoms with van der Waals surface area (Å²) in [7, 11) is -3.87. The van der Waals surface area contributed by atoms with Gasteiger partial charge in [0.15, 0.2) is 0 Å². The second-order valence-corrected chi connectivity index (χ2v) is 11.2. The Kier molecular flexibility index (Phi) is 6.38. The molecule has 0 radical (unpaired) electrons. The van der Waals surface area contributed by atoms with Crippen LogP contribution in [-0.2, 0) is 16.6 Å². The van der Waals surface area contributed by atoms with Crippen LogP contribution in [0.2, 0.25) is 0 Å². The average Bonchev–Trinajstić information content (AvgIpc) is 3.18. The molecule has 1 N–H and O–H groups in total. The molecule has 0 bridgehead atoms. The minimum absolute atomic E-state index is 0.117. The van der Waals surface area contributed by atoms with Crippen molar-refractivity contribution < 1.29 is 8.42 Å². The first-order valence-corrected chi connectivity index (χ1v) is 13.5. The van der Waals surface area contributed by atoms with Crippen LogP contribution >= 0.6 is 11.3 Å². The summed E-state index contributed by atoms with van der Waals surface area (Å²) in [5.74, 6) is 0. The highest BCUT2D eigenvalue weighted by atomic mass is 32.2. The van der Waals surface area contributed by atoms with Crippen molar-refractivity contribution in [3.05, 3.63) is 135 Å². The molecule has 5 aromatic rings. The van der Waals surface area contributed by atoms with E-state index in [1.165, 1.54) is 0 Å². The first-order valence-electron chi connectivity index (χ1n) is 11.2. The number of fused-ring (bicyclic) bond motifs is 1.